The van der Waals surface area contributed by atoms with E-state index >= 15 is 0 Å². The Labute approximate surface area is 123 Å². The van der Waals surface area contributed by atoms with Crippen LogP contribution in [0.5, 0.6) is 0 Å². The summed E-state index contributed by atoms with van der Waals surface area (Å²) in [5.74, 6) is -0.524. The summed E-state index contributed by atoms with van der Waals surface area (Å²) in [4.78, 5) is 0. The smallest absolute Gasteiger partial charge is 0.170 e. The van der Waals surface area contributed by atoms with Crippen LogP contribution in [0.2, 0.25) is 0 Å². The zero-order chi connectivity index (χ0) is 15.2. The number of para-hydroxylation sites is 1. The topological polar surface area (TPSA) is 70.6 Å². The van der Waals surface area contributed by atoms with Gasteiger partial charge in [-0.25, -0.2) is 4.39 Å². The van der Waals surface area contributed by atoms with Crippen molar-refractivity contribution >= 4 is 11.5 Å². The molecule has 2 rings (SSSR count). The fourth-order valence-corrected chi connectivity index (χ4v) is 2.19. The van der Waals surface area contributed by atoms with Gasteiger partial charge < -0.3 is 16.3 Å². The number of rotatable bonds is 5. The summed E-state index contributed by atoms with van der Waals surface area (Å²) in [5, 5.41) is 15.0. The minimum Gasteiger partial charge on any atom is -0.409 e. The Hall–Kier alpha value is -2.56. The second-order valence-electron chi connectivity index (χ2n) is 4.65. The number of benzene rings is 2. The molecule has 0 saturated heterocycles. The SMILES string of the molecule is CCc1ccccc1NCc1ccc(F)cc1C(N)=NO. The number of nitrogens with one attached hydrogen (secondary N) is 1. The van der Waals surface area contributed by atoms with E-state index in [4.69, 9.17) is 10.9 Å². The fourth-order valence-electron chi connectivity index (χ4n) is 2.19. The van der Waals surface area contributed by atoms with Gasteiger partial charge in [-0.1, -0.05) is 36.3 Å². The van der Waals surface area contributed by atoms with Crippen LogP contribution in [0.1, 0.15) is 23.6 Å². The van der Waals surface area contributed by atoms with Crippen molar-refractivity contribution in [1.82, 2.24) is 0 Å². The van der Waals surface area contributed by atoms with E-state index in [1.54, 1.807) is 6.07 Å². The second kappa shape index (κ2) is 6.74. The summed E-state index contributed by atoms with van der Waals surface area (Å²) in [6.45, 7) is 2.54. The molecule has 0 amide bonds. The van der Waals surface area contributed by atoms with Crippen LogP contribution in [0.3, 0.4) is 0 Å². The van der Waals surface area contributed by atoms with Crippen molar-refractivity contribution in [3.05, 3.63) is 65.0 Å². The van der Waals surface area contributed by atoms with Crippen molar-refractivity contribution in [2.45, 2.75) is 19.9 Å². The molecule has 0 fully saturated rings. The van der Waals surface area contributed by atoms with E-state index in [2.05, 4.69) is 23.5 Å². The van der Waals surface area contributed by atoms with Gasteiger partial charge in [0.2, 0.25) is 0 Å². The average Bonchev–Trinajstić information content (AvgIpc) is 2.53. The lowest BCUT2D eigenvalue weighted by Crippen LogP contribution is -2.17. The minimum absolute atomic E-state index is 0.102. The van der Waals surface area contributed by atoms with E-state index in [1.807, 2.05) is 18.2 Å². The maximum atomic E-state index is 13.3. The van der Waals surface area contributed by atoms with Gasteiger partial charge in [0, 0.05) is 17.8 Å². The van der Waals surface area contributed by atoms with Gasteiger partial charge >= 0.3 is 0 Å². The number of nitrogens with two attached hydrogens (primary N) is 1. The zero-order valence-electron chi connectivity index (χ0n) is 11.8. The van der Waals surface area contributed by atoms with Gasteiger partial charge in [-0.3, -0.25) is 0 Å². The molecular formula is C16H18FN3O. The van der Waals surface area contributed by atoms with Gasteiger partial charge in [-0.2, -0.15) is 0 Å². The quantitative estimate of drug-likeness (QED) is 0.342. The molecule has 2 aromatic carbocycles. The molecule has 0 aromatic heterocycles. The molecule has 0 bridgehead atoms. The van der Waals surface area contributed by atoms with Gasteiger partial charge in [-0.15, -0.1) is 0 Å². The Morgan fingerprint density at radius 3 is 2.71 bits per heavy atom. The molecule has 0 radical (unpaired) electrons. The highest BCUT2D eigenvalue weighted by molar-refractivity contribution is 5.98. The van der Waals surface area contributed by atoms with Crippen LogP contribution in [-0.4, -0.2) is 11.0 Å². The predicted octanol–water partition coefficient (Wildman–Crippen LogP) is 3.09. The van der Waals surface area contributed by atoms with Crippen molar-refractivity contribution < 1.29 is 9.60 Å². The van der Waals surface area contributed by atoms with Gasteiger partial charge in [0.15, 0.2) is 5.84 Å². The summed E-state index contributed by atoms with van der Waals surface area (Å²) < 4.78 is 13.3. The molecule has 2 aromatic rings. The Bertz CT molecular complexity index is 656. The number of halogens is 1. The first-order valence-electron chi connectivity index (χ1n) is 6.73. The Balaban J connectivity index is 2.24. The predicted molar refractivity (Wildman–Crippen MR) is 82.1 cm³/mol. The van der Waals surface area contributed by atoms with Crippen LogP contribution in [0.4, 0.5) is 10.1 Å². The molecule has 21 heavy (non-hydrogen) atoms. The van der Waals surface area contributed by atoms with Crippen molar-refractivity contribution in [2.75, 3.05) is 5.32 Å². The first kappa shape index (κ1) is 14.8. The third-order valence-electron chi connectivity index (χ3n) is 3.32. The molecule has 0 unspecified atom stereocenters. The molecule has 0 spiro atoms. The highest BCUT2D eigenvalue weighted by Crippen LogP contribution is 2.18. The van der Waals surface area contributed by atoms with Gasteiger partial charge in [0.25, 0.3) is 0 Å². The largest absolute Gasteiger partial charge is 0.409 e. The second-order valence-corrected chi connectivity index (χ2v) is 4.65. The third-order valence-corrected chi connectivity index (χ3v) is 3.32. The number of hydrogen-bond acceptors (Lipinski definition) is 3. The highest BCUT2D eigenvalue weighted by atomic mass is 19.1. The fraction of sp³-hybridized carbons (Fsp3) is 0.188. The minimum atomic E-state index is -0.422. The molecule has 0 atom stereocenters. The summed E-state index contributed by atoms with van der Waals surface area (Å²) >= 11 is 0. The summed E-state index contributed by atoms with van der Waals surface area (Å²) in [6, 6.07) is 12.2. The van der Waals surface area contributed by atoms with Crippen LogP contribution in [0, 0.1) is 5.82 Å². The number of aryl methyl sites for hydroxylation is 1. The first-order chi connectivity index (χ1) is 10.2. The zero-order valence-corrected chi connectivity index (χ0v) is 11.8. The van der Waals surface area contributed by atoms with Crippen LogP contribution in [0.25, 0.3) is 0 Å². The van der Waals surface area contributed by atoms with Crippen molar-refractivity contribution in [1.29, 1.82) is 0 Å². The third kappa shape index (κ3) is 3.51. The van der Waals surface area contributed by atoms with E-state index in [1.165, 1.54) is 17.7 Å². The maximum absolute atomic E-state index is 13.3. The van der Waals surface area contributed by atoms with E-state index in [0.717, 1.165) is 17.7 Å². The average molecular weight is 287 g/mol. The molecule has 0 heterocycles. The lowest BCUT2D eigenvalue weighted by atomic mass is 10.1. The Kier molecular flexibility index (Phi) is 4.77. The van der Waals surface area contributed by atoms with Crippen LogP contribution >= 0.6 is 0 Å². The monoisotopic (exact) mass is 287 g/mol. The standard InChI is InChI=1S/C16H18FN3O/c1-2-11-5-3-4-6-15(11)19-10-12-7-8-13(17)9-14(12)16(18)20-21/h3-9,19,21H,2,10H2,1H3,(H2,18,20). The van der Waals surface area contributed by atoms with E-state index < -0.39 is 5.82 Å². The van der Waals surface area contributed by atoms with Gasteiger partial charge in [0.05, 0.1) is 0 Å². The van der Waals surface area contributed by atoms with Crippen LogP contribution in [-0.2, 0) is 13.0 Å². The molecule has 0 aliphatic rings. The van der Waals surface area contributed by atoms with Crippen LogP contribution < -0.4 is 11.1 Å². The van der Waals surface area contributed by atoms with Crippen molar-refractivity contribution in [2.24, 2.45) is 10.9 Å². The van der Waals surface area contributed by atoms with Crippen molar-refractivity contribution in [3.63, 3.8) is 0 Å². The molecular weight excluding hydrogens is 269 g/mol. The summed E-state index contributed by atoms with van der Waals surface area (Å²) in [5.41, 5.74) is 8.97. The molecule has 4 nitrogen and oxygen atoms in total. The molecule has 0 saturated carbocycles. The maximum Gasteiger partial charge on any atom is 0.170 e. The van der Waals surface area contributed by atoms with Crippen LogP contribution in [0.15, 0.2) is 47.6 Å². The lowest BCUT2D eigenvalue weighted by molar-refractivity contribution is 0.318. The molecule has 0 aliphatic carbocycles. The number of hydrogen-bond donors (Lipinski definition) is 3. The number of nitrogens with zero attached hydrogens (tertiary/aromatic N) is 1. The Morgan fingerprint density at radius 2 is 2.00 bits per heavy atom. The number of oxime groups is 1. The number of amidine groups is 1. The number of anilines is 1. The van der Waals surface area contributed by atoms with Gasteiger partial charge in [0.1, 0.15) is 5.82 Å². The highest BCUT2D eigenvalue weighted by Gasteiger charge is 2.09. The van der Waals surface area contributed by atoms with E-state index in [0.29, 0.717) is 12.1 Å². The van der Waals surface area contributed by atoms with Gasteiger partial charge in [-0.05, 0) is 35.7 Å². The molecule has 5 heteroatoms. The molecule has 0 aliphatic heterocycles. The Morgan fingerprint density at radius 1 is 1.24 bits per heavy atom. The van der Waals surface area contributed by atoms with Crippen molar-refractivity contribution in [3.8, 4) is 0 Å². The normalized spacial score (nSPS) is 11.4. The van der Waals surface area contributed by atoms with E-state index in [9.17, 15) is 4.39 Å². The van der Waals surface area contributed by atoms with E-state index in [-0.39, 0.29) is 5.84 Å². The molecule has 110 valence electrons. The summed E-state index contributed by atoms with van der Waals surface area (Å²) in [7, 11) is 0. The first-order valence-corrected chi connectivity index (χ1v) is 6.73. The molecule has 4 N–H and O–H groups in total. The lowest BCUT2D eigenvalue weighted by Gasteiger charge is -2.13. The summed E-state index contributed by atoms with van der Waals surface area (Å²) in [6.07, 6.45) is 0.916.